The third kappa shape index (κ3) is 6.48. The molecule has 0 aromatic carbocycles. The van der Waals surface area contributed by atoms with Gasteiger partial charge in [-0.25, -0.2) is 0 Å². The molecule has 0 atom stereocenters. The van der Waals surface area contributed by atoms with Crippen LogP contribution in [0.25, 0.3) is 0 Å². The van der Waals surface area contributed by atoms with Crippen molar-refractivity contribution in [2.24, 2.45) is 0 Å². The Kier molecular flexibility index (Phi) is 6.28. The molecule has 17 heavy (non-hydrogen) atoms. The summed E-state index contributed by atoms with van der Waals surface area (Å²) < 4.78 is 1.72. The van der Waals surface area contributed by atoms with E-state index in [4.69, 9.17) is 0 Å². The van der Waals surface area contributed by atoms with Gasteiger partial charge in [-0.2, -0.15) is 0 Å². The molecule has 1 heterocycles. The van der Waals surface area contributed by atoms with E-state index in [1.807, 2.05) is 6.20 Å². The normalized spacial score (nSPS) is 10.5. The molecule has 0 spiro atoms. The number of rotatable bonds is 8. The lowest BCUT2D eigenvalue weighted by molar-refractivity contribution is -0.111. The molecule has 0 aliphatic rings. The number of aromatic nitrogens is 3. The minimum atomic E-state index is -0.146. The van der Waals surface area contributed by atoms with Crippen LogP contribution in [0.4, 0.5) is 0 Å². The molecule has 0 fully saturated rings. The summed E-state index contributed by atoms with van der Waals surface area (Å²) >= 11 is 7.39. The average molecular weight is 273 g/mol. The Balaban J connectivity index is 2.25. The Bertz CT molecular complexity index is 393. The molecule has 0 radical (unpaired) electrons. The van der Waals surface area contributed by atoms with E-state index >= 15 is 0 Å². The van der Waals surface area contributed by atoms with Crippen LogP contribution in [0.1, 0.15) is 31.4 Å². The fourth-order valence-electron chi connectivity index (χ4n) is 1.35. The van der Waals surface area contributed by atoms with E-state index < -0.39 is 0 Å². The van der Waals surface area contributed by atoms with Gasteiger partial charge in [-0.1, -0.05) is 5.21 Å². The molecule has 0 saturated carbocycles. The van der Waals surface area contributed by atoms with E-state index in [1.54, 1.807) is 4.68 Å². The smallest absolute Gasteiger partial charge is 0.186 e. The summed E-state index contributed by atoms with van der Waals surface area (Å²) in [5.41, 5.74) is 0.790. The highest BCUT2D eigenvalue weighted by Gasteiger charge is 2.03. The van der Waals surface area contributed by atoms with Crippen molar-refractivity contribution < 1.29 is 9.59 Å². The molecular weight excluding hydrogens is 258 g/mol. The monoisotopic (exact) mass is 273 g/mol. The molecule has 0 unspecified atom stereocenters. The van der Waals surface area contributed by atoms with Crippen molar-refractivity contribution in [3.8, 4) is 0 Å². The molecular formula is C10H15N3O2S2. The van der Waals surface area contributed by atoms with Crippen molar-refractivity contribution in [1.29, 1.82) is 0 Å². The maximum absolute atomic E-state index is 10.7. The van der Waals surface area contributed by atoms with Crippen molar-refractivity contribution in [1.82, 2.24) is 15.0 Å². The van der Waals surface area contributed by atoms with Gasteiger partial charge in [0.15, 0.2) is 10.2 Å². The molecule has 0 aliphatic heterocycles. The summed E-state index contributed by atoms with van der Waals surface area (Å²) in [6.45, 7) is 0.725. The Morgan fingerprint density at radius 3 is 2.53 bits per heavy atom. The van der Waals surface area contributed by atoms with Crippen LogP contribution in [0.2, 0.25) is 0 Å². The largest absolute Gasteiger partial charge is 0.288 e. The van der Waals surface area contributed by atoms with E-state index in [1.165, 1.54) is 0 Å². The van der Waals surface area contributed by atoms with Crippen LogP contribution in [0.5, 0.6) is 0 Å². The van der Waals surface area contributed by atoms with E-state index in [0.29, 0.717) is 19.3 Å². The van der Waals surface area contributed by atoms with Crippen LogP contribution in [0, 0.1) is 0 Å². The fraction of sp³-hybridized carbons (Fsp3) is 0.600. The molecule has 1 aromatic rings. The number of nitrogens with zero attached hydrogens (tertiary/aromatic N) is 3. The van der Waals surface area contributed by atoms with Gasteiger partial charge in [0.1, 0.15) is 0 Å². The van der Waals surface area contributed by atoms with Crippen molar-refractivity contribution in [2.75, 3.05) is 0 Å². The first-order chi connectivity index (χ1) is 8.08. The fourth-order valence-corrected chi connectivity index (χ4v) is 1.62. The Hall–Kier alpha value is -0.820. The second-order valence-electron chi connectivity index (χ2n) is 3.72. The van der Waals surface area contributed by atoms with Crippen molar-refractivity contribution in [3.05, 3.63) is 11.9 Å². The lowest BCUT2D eigenvalue weighted by Gasteiger charge is -1.98. The molecule has 1 aromatic heterocycles. The SMILES string of the molecule is O=C(S)CCCCn1cc(CCC(=O)S)nn1. The van der Waals surface area contributed by atoms with Crippen LogP contribution in [0.15, 0.2) is 6.20 Å². The van der Waals surface area contributed by atoms with Gasteiger partial charge < -0.3 is 0 Å². The van der Waals surface area contributed by atoms with Gasteiger partial charge in [0.25, 0.3) is 0 Å². The zero-order valence-electron chi connectivity index (χ0n) is 9.37. The van der Waals surface area contributed by atoms with Crippen LogP contribution < -0.4 is 0 Å². The minimum absolute atomic E-state index is 0.0865. The Morgan fingerprint density at radius 2 is 1.88 bits per heavy atom. The molecule has 7 heteroatoms. The third-order valence-electron chi connectivity index (χ3n) is 2.21. The standard InChI is InChI=1S/C10H15N3O2S2/c14-9(16)3-1-2-6-13-7-8(11-12-13)4-5-10(15)17/h7H,1-6H2,(H,14,16)(H,15,17). The summed E-state index contributed by atoms with van der Waals surface area (Å²) in [4.78, 5) is 21.3. The molecule has 94 valence electrons. The summed E-state index contributed by atoms with van der Waals surface area (Å²) in [6.07, 6.45) is 4.90. The maximum Gasteiger partial charge on any atom is 0.186 e. The number of hydrogen-bond donors (Lipinski definition) is 2. The Labute approximate surface area is 111 Å². The Morgan fingerprint density at radius 1 is 1.18 bits per heavy atom. The second kappa shape index (κ2) is 7.50. The maximum atomic E-state index is 10.7. The number of carbonyl (C=O) groups excluding carboxylic acids is 2. The lowest BCUT2D eigenvalue weighted by atomic mass is 10.2. The van der Waals surface area contributed by atoms with Crippen molar-refractivity contribution in [2.45, 2.75) is 38.6 Å². The average Bonchev–Trinajstić information content (AvgIpc) is 2.69. The molecule has 0 amide bonds. The number of unbranched alkanes of at least 4 members (excludes halogenated alkanes) is 1. The molecule has 1 rings (SSSR count). The number of carbonyl (C=O) groups is 2. The van der Waals surface area contributed by atoms with Gasteiger partial charge in [0.2, 0.25) is 0 Å². The van der Waals surface area contributed by atoms with E-state index in [9.17, 15) is 9.59 Å². The molecule has 0 aliphatic carbocycles. The van der Waals surface area contributed by atoms with Gasteiger partial charge in [0.05, 0.1) is 5.69 Å². The van der Waals surface area contributed by atoms with Gasteiger partial charge in [-0.05, 0) is 12.8 Å². The first-order valence-corrected chi connectivity index (χ1v) is 6.30. The molecule has 5 nitrogen and oxygen atoms in total. The highest BCUT2D eigenvalue weighted by Crippen LogP contribution is 2.04. The van der Waals surface area contributed by atoms with Crippen molar-refractivity contribution in [3.63, 3.8) is 0 Å². The van der Waals surface area contributed by atoms with Crippen LogP contribution >= 0.6 is 25.3 Å². The first-order valence-electron chi connectivity index (χ1n) is 5.40. The predicted molar refractivity (Wildman–Crippen MR) is 70.2 cm³/mol. The molecule has 0 bridgehead atoms. The summed E-state index contributed by atoms with van der Waals surface area (Å²) in [5.74, 6) is 0. The highest BCUT2D eigenvalue weighted by molar-refractivity contribution is 7.96. The predicted octanol–water partition coefficient (Wildman–Crippen LogP) is 1.29. The summed E-state index contributed by atoms with van der Waals surface area (Å²) in [5, 5.41) is 7.65. The number of hydrogen-bond acceptors (Lipinski definition) is 4. The quantitative estimate of drug-likeness (QED) is 0.553. The van der Waals surface area contributed by atoms with Gasteiger partial charge in [-0.3, -0.25) is 14.3 Å². The van der Waals surface area contributed by atoms with E-state index in [2.05, 4.69) is 35.6 Å². The summed E-state index contributed by atoms with van der Waals surface area (Å²) in [7, 11) is 0. The van der Waals surface area contributed by atoms with Crippen LogP contribution in [-0.2, 0) is 22.6 Å². The number of thiol groups is 2. The summed E-state index contributed by atoms with van der Waals surface area (Å²) in [6, 6.07) is 0. The van der Waals surface area contributed by atoms with E-state index in [-0.39, 0.29) is 10.2 Å². The van der Waals surface area contributed by atoms with Crippen molar-refractivity contribution >= 4 is 35.5 Å². The highest BCUT2D eigenvalue weighted by atomic mass is 32.1. The zero-order valence-corrected chi connectivity index (χ0v) is 11.2. The van der Waals surface area contributed by atoms with Gasteiger partial charge in [-0.15, -0.1) is 30.4 Å². The zero-order chi connectivity index (χ0) is 12.7. The van der Waals surface area contributed by atoms with Gasteiger partial charge in [0, 0.05) is 32.0 Å². The molecule has 0 N–H and O–H groups in total. The van der Waals surface area contributed by atoms with Gasteiger partial charge >= 0.3 is 0 Å². The first kappa shape index (κ1) is 14.2. The topological polar surface area (TPSA) is 64.8 Å². The second-order valence-corrected chi connectivity index (χ2v) is 4.72. The van der Waals surface area contributed by atoms with E-state index in [0.717, 1.165) is 25.1 Å². The minimum Gasteiger partial charge on any atom is -0.288 e. The lowest BCUT2D eigenvalue weighted by Crippen LogP contribution is -1.99. The van der Waals surface area contributed by atoms with Crippen LogP contribution in [0.3, 0.4) is 0 Å². The molecule has 0 saturated heterocycles. The van der Waals surface area contributed by atoms with Crippen LogP contribution in [-0.4, -0.2) is 25.2 Å². The number of aryl methyl sites for hydroxylation is 2. The third-order valence-corrected chi connectivity index (χ3v) is 2.66.